The Balaban J connectivity index is 1.60. The quantitative estimate of drug-likeness (QED) is 0.601. The van der Waals surface area contributed by atoms with Crippen LogP contribution in [0, 0.1) is 11.3 Å². The molecular weight excluding hydrogens is 310 g/mol. The molecule has 0 saturated heterocycles. The molecule has 3 rings (SSSR count). The molecule has 3 aromatic rings. The maximum absolute atomic E-state index is 9.34. The van der Waals surface area contributed by atoms with E-state index in [1.54, 1.807) is 7.11 Å². The Morgan fingerprint density at radius 3 is 2.40 bits per heavy atom. The largest absolute Gasteiger partial charge is 0.497 e. The summed E-state index contributed by atoms with van der Waals surface area (Å²) in [6.45, 7) is 0.907. The van der Waals surface area contributed by atoms with Crippen LogP contribution in [0.2, 0.25) is 0 Å². The summed E-state index contributed by atoms with van der Waals surface area (Å²) in [5, 5.41) is 11.5. The molecule has 0 spiro atoms. The lowest BCUT2D eigenvalue weighted by Crippen LogP contribution is -1.96. The van der Waals surface area contributed by atoms with E-state index in [1.807, 2.05) is 72.8 Å². The lowest BCUT2D eigenvalue weighted by Gasteiger charge is -2.07. The van der Waals surface area contributed by atoms with Gasteiger partial charge in [-0.05, 0) is 46.2 Å². The monoisotopic (exact) mass is 329 g/mol. The zero-order valence-electron chi connectivity index (χ0n) is 14.1. The number of hydrogen-bond acceptors (Lipinski definition) is 3. The molecule has 0 amide bonds. The summed E-state index contributed by atoms with van der Waals surface area (Å²) in [7, 11) is 1.65. The molecule has 25 heavy (non-hydrogen) atoms. The van der Waals surface area contributed by atoms with Crippen LogP contribution in [-0.2, 0) is 11.3 Å². The van der Waals surface area contributed by atoms with E-state index in [0.29, 0.717) is 18.8 Å². The topological polar surface area (TPSA) is 42.2 Å². The van der Waals surface area contributed by atoms with E-state index in [4.69, 9.17) is 9.47 Å². The zero-order valence-corrected chi connectivity index (χ0v) is 14.1. The third kappa shape index (κ3) is 4.26. The van der Waals surface area contributed by atoms with Gasteiger partial charge >= 0.3 is 0 Å². The normalized spacial score (nSPS) is 10.9. The maximum atomic E-state index is 9.34. The van der Waals surface area contributed by atoms with Crippen molar-refractivity contribution < 1.29 is 9.47 Å². The Morgan fingerprint density at radius 1 is 1.00 bits per heavy atom. The molecule has 0 aliphatic carbocycles. The average molecular weight is 329 g/mol. The lowest BCUT2D eigenvalue weighted by molar-refractivity contribution is 0.149. The predicted molar refractivity (Wildman–Crippen MR) is 100 cm³/mol. The first-order valence-electron chi connectivity index (χ1n) is 8.10. The van der Waals surface area contributed by atoms with E-state index in [-0.39, 0.29) is 0 Å². The molecule has 0 unspecified atom stereocenters. The number of nitrogens with zero attached hydrogens (tertiary/aromatic N) is 1. The minimum Gasteiger partial charge on any atom is -0.497 e. The van der Waals surface area contributed by atoms with Crippen LogP contribution in [0.15, 0.2) is 66.7 Å². The highest BCUT2D eigenvalue weighted by Gasteiger charge is 2.04. The van der Waals surface area contributed by atoms with Gasteiger partial charge in [-0.25, -0.2) is 0 Å². The second-order valence-electron chi connectivity index (χ2n) is 5.66. The molecule has 0 N–H and O–H groups in total. The van der Waals surface area contributed by atoms with Crippen molar-refractivity contribution in [3.05, 3.63) is 83.4 Å². The van der Waals surface area contributed by atoms with Gasteiger partial charge < -0.3 is 9.47 Å². The molecule has 0 saturated carbocycles. The number of hydrogen-bond donors (Lipinski definition) is 0. The molecule has 3 heteroatoms. The van der Waals surface area contributed by atoms with Crippen molar-refractivity contribution in [3.63, 3.8) is 0 Å². The highest BCUT2D eigenvalue weighted by Crippen LogP contribution is 2.20. The van der Waals surface area contributed by atoms with Gasteiger partial charge in [0.05, 0.1) is 32.0 Å². The van der Waals surface area contributed by atoms with Crippen LogP contribution in [0.3, 0.4) is 0 Å². The van der Waals surface area contributed by atoms with E-state index in [2.05, 4.69) is 6.07 Å². The fraction of sp³-hybridized carbons (Fsp3) is 0.136. The first-order valence-corrected chi connectivity index (χ1v) is 8.10. The van der Waals surface area contributed by atoms with E-state index in [0.717, 1.165) is 27.6 Å². The molecule has 3 aromatic carbocycles. The van der Waals surface area contributed by atoms with Crippen molar-refractivity contribution in [2.24, 2.45) is 0 Å². The fourth-order valence-electron chi connectivity index (χ4n) is 2.65. The smallest absolute Gasteiger partial charge is 0.118 e. The van der Waals surface area contributed by atoms with Crippen molar-refractivity contribution in [1.29, 1.82) is 5.26 Å². The Kier molecular flexibility index (Phi) is 5.46. The summed E-state index contributed by atoms with van der Waals surface area (Å²) < 4.78 is 10.9. The number of fused-ring (bicyclic) bond motifs is 1. The number of nitriles is 1. The SMILES string of the molecule is COc1ccc(/C=C/COCc2cc3ccccc3cc2C#N)cc1. The van der Waals surface area contributed by atoms with Crippen molar-refractivity contribution in [2.75, 3.05) is 13.7 Å². The minimum absolute atomic E-state index is 0.417. The fourth-order valence-corrected chi connectivity index (χ4v) is 2.65. The summed E-state index contributed by atoms with van der Waals surface area (Å²) in [6.07, 6.45) is 3.97. The molecule has 124 valence electrons. The van der Waals surface area contributed by atoms with Gasteiger partial charge in [-0.2, -0.15) is 5.26 Å². The zero-order chi connectivity index (χ0) is 17.5. The lowest BCUT2D eigenvalue weighted by atomic mass is 10.0. The molecule has 0 aliphatic heterocycles. The highest BCUT2D eigenvalue weighted by molar-refractivity contribution is 5.84. The van der Waals surface area contributed by atoms with E-state index in [1.165, 1.54) is 0 Å². The summed E-state index contributed by atoms with van der Waals surface area (Å²) in [5.74, 6) is 0.841. The van der Waals surface area contributed by atoms with Gasteiger partial charge in [-0.3, -0.25) is 0 Å². The summed E-state index contributed by atoms with van der Waals surface area (Å²) in [5.41, 5.74) is 2.67. The first-order chi connectivity index (χ1) is 12.3. The van der Waals surface area contributed by atoms with Crippen LogP contribution < -0.4 is 4.74 Å². The first kappa shape index (κ1) is 16.8. The molecule has 0 aromatic heterocycles. The average Bonchev–Trinajstić information content (AvgIpc) is 2.67. The van der Waals surface area contributed by atoms with Crippen LogP contribution >= 0.6 is 0 Å². The third-order valence-corrected chi connectivity index (χ3v) is 3.99. The van der Waals surface area contributed by atoms with Crippen LogP contribution in [0.25, 0.3) is 16.8 Å². The molecule has 0 fully saturated rings. The standard InChI is InChI=1S/C22H19NO2/c1-24-22-10-8-17(9-11-22)5-4-12-25-16-21-14-19-7-3-2-6-18(19)13-20(21)15-23/h2-11,13-14H,12,16H2,1H3/b5-4+. The Hall–Kier alpha value is -3.09. The number of methoxy groups -OCH3 is 1. The number of benzene rings is 3. The Morgan fingerprint density at radius 2 is 1.72 bits per heavy atom. The van der Waals surface area contributed by atoms with Gasteiger partial charge in [0, 0.05) is 0 Å². The molecule has 0 atom stereocenters. The van der Waals surface area contributed by atoms with Gasteiger partial charge in [-0.1, -0.05) is 48.6 Å². The summed E-state index contributed by atoms with van der Waals surface area (Å²) >= 11 is 0. The molecule has 0 radical (unpaired) electrons. The van der Waals surface area contributed by atoms with Crippen molar-refractivity contribution in [3.8, 4) is 11.8 Å². The summed E-state index contributed by atoms with van der Waals surface area (Å²) in [4.78, 5) is 0. The second-order valence-corrected chi connectivity index (χ2v) is 5.66. The Labute approximate surface area is 147 Å². The number of ether oxygens (including phenoxy) is 2. The van der Waals surface area contributed by atoms with Crippen LogP contribution in [0.1, 0.15) is 16.7 Å². The second kappa shape index (κ2) is 8.14. The van der Waals surface area contributed by atoms with Crippen molar-refractivity contribution in [1.82, 2.24) is 0 Å². The number of rotatable bonds is 6. The van der Waals surface area contributed by atoms with E-state index in [9.17, 15) is 5.26 Å². The van der Waals surface area contributed by atoms with Gasteiger partial charge in [-0.15, -0.1) is 0 Å². The van der Waals surface area contributed by atoms with Gasteiger partial charge in [0.2, 0.25) is 0 Å². The third-order valence-electron chi connectivity index (χ3n) is 3.99. The maximum Gasteiger partial charge on any atom is 0.118 e. The predicted octanol–water partition coefficient (Wildman–Crippen LogP) is 4.95. The van der Waals surface area contributed by atoms with Crippen molar-refractivity contribution in [2.45, 2.75) is 6.61 Å². The van der Waals surface area contributed by atoms with Crippen LogP contribution in [0.5, 0.6) is 5.75 Å². The summed E-state index contributed by atoms with van der Waals surface area (Å²) in [6, 6.07) is 22.1. The van der Waals surface area contributed by atoms with Gasteiger partial charge in [0.1, 0.15) is 5.75 Å². The minimum atomic E-state index is 0.417. The molecule has 3 nitrogen and oxygen atoms in total. The molecule has 0 heterocycles. The van der Waals surface area contributed by atoms with Crippen molar-refractivity contribution >= 4 is 16.8 Å². The molecular formula is C22H19NO2. The Bertz CT molecular complexity index is 921. The van der Waals surface area contributed by atoms with E-state index >= 15 is 0 Å². The highest BCUT2D eigenvalue weighted by atomic mass is 16.5. The molecule has 0 aliphatic rings. The van der Waals surface area contributed by atoms with E-state index < -0.39 is 0 Å². The van der Waals surface area contributed by atoms with Gasteiger partial charge in [0.15, 0.2) is 0 Å². The van der Waals surface area contributed by atoms with Crippen LogP contribution in [0.4, 0.5) is 0 Å². The van der Waals surface area contributed by atoms with Gasteiger partial charge in [0.25, 0.3) is 0 Å². The van der Waals surface area contributed by atoms with Crippen LogP contribution in [-0.4, -0.2) is 13.7 Å². The molecule has 0 bridgehead atoms.